The molecule has 2 N–H and O–H groups in total. The van der Waals surface area contributed by atoms with Gasteiger partial charge in [-0.3, -0.25) is 9.59 Å². The van der Waals surface area contributed by atoms with Gasteiger partial charge in [-0.2, -0.15) is 0 Å². The lowest BCUT2D eigenvalue weighted by Crippen LogP contribution is -1.91. The predicted molar refractivity (Wildman–Crippen MR) is 122 cm³/mol. The van der Waals surface area contributed by atoms with Crippen LogP contribution in [-0.2, 0) is 16.0 Å². The van der Waals surface area contributed by atoms with Gasteiger partial charge in [0, 0.05) is 12.0 Å². The lowest BCUT2D eigenvalue weighted by molar-refractivity contribution is -0.105. The Hall–Kier alpha value is -3.31. The lowest BCUT2D eigenvalue weighted by atomic mass is 9.99. The van der Waals surface area contributed by atoms with Gasteiger partial charge in [-0.1, -0.05) is 45.2 Å². The Bertz CT molecular complexity index is 987. The molecule has 0 heterocycles. The van der Waals surface area contributed by atoms with Crippen molar-refractivity contribution in [2.75, 3.05) is 6.61 Å². The Morgan fingerprint density at radius 1 is 1.03 bits per heavy atom. The van der Waals surface area contributed by atoms with E-state index < -0.39 is 0 Å². The molecule has 0 fully saturated rings. The summed E-state index contributed by atoms with van der Waals surface area (Å²) in [5.41, 5.74) is 1.55. The maximum absolute atomic E-state index is 14.1. The van der Waals surface area contributed by atoms with Gasteiger partial charge in [-0.15, -0.1) is 0 Å². The van der Waals surface area contributed by atoms with E-state index in [1.54, 1.807) is 19.1 Å². The minimum Gasteiger partial charge on any atom is -0.508 e. The van der Waals surface area contributed by atoms with Gasteiger partial charge in [0.2, 0.25) is 0 Å². The molecule has 0 aliphatic carbocycles. The summed E-state index contributed by atoms with van der Waals surface area (Å²) in [4.78, 5) is 18.5. The van der Waals surface area contributed by atoms with E-state index in [9.17, 15) is 14.3 Å². The van der Waals surface area contributed by atoms with Gasteiger partial charge in [-0.25, -0.2) is 4.39 Å². The highest BCUT2D eigenvalue weighted by Gasteiger charge is 2.08. The van der Waals surface area contributed by atoms with Crippen LogP contribution in [0.1, 0.15) is 26.3 Å². The van der Waals surface area contributed by atoms with Crippen molar-refractivity contribution in [3.8, 4) is 5.75 Å². The van der Waals surface area contributed by atoms with Gasteiger partial charge >= 0.3 is 0 Å². The molecule has 160 valence electrons. The van der Waals surface area contributed by atoms with E-state index in [1.807, 2.05) is 32.0 Å². The monoisotopic (exact) mass is 412 g/mol. The fraction of sp³-hybridized carbons (Fsp3) is 0.200. The van der Waals surface area contributed by atoms with Crippen molar-refractivity contribution in [1.82, 2.24) is 0 Å². The third-order valence-electron chi connectivity index (χ3n) is 3.65. The topological polar surface area (TPSA) is 74.6 Å². The quantitative estimate of drug-likeness (QED) is 0.336. The van der Waals surface area contributed by atoms with Crippen molar-refractivity contribution in [3.05, 3.63) is 78.7 Å². The number of phenolic OH excluding ortho intramolecular Hbond substituents is 1. The van der Waals surface area contributed by atoms with Crippen molar-refractivity contribution >= 4 is 34.1 Å². The van der Waals surface area contributed by atoms with Crippen LogP contribution in [0.4, 0.5) is 4.39 Å². The zero-order chi connectivity index (χ0) is 23.1. The van der Waals surface area contributed by atoms with E-state index in [4.69, 9.17) is 9.90 Å². The molecule has 0 amide bonds. The first kappa shape index (κ1) is 26.7. The highest BCUT2D eigenvalue weighted by Crippen LogP contribution is 2.30. The summed E-state index contributed by atoms with van der Waals surface area (Å²) < 4.78 is 14.1. The first-order valence-corrected chi connectivity index (χ1v) is 9.49. The number of aliphatic hydroxyl groups excluding tert-OH is 1. The number of hydrogen-bond acceptors (Lipinski definition) is 4. The fourth-order valence-electron chi connectivity index (χ4n) is 2.44. The third-order valence-corrected chi connectivity index (χ3v) is 3.65. The van der Waals surface area contributed by atoms with Gasteiger partial charge in [0.15, 0.2) is 0 Å². The van der Waals surface area contributed by atoms with Gasteiger partial charge in [0.25, 0.3) is 0 Å². The van der Waals surface area contributed by atoms with Crippen LogP contribution < -0.4 is 0 Å². The van der Waals surface area contributed by atoms with E-state index in [0.717, 1.165) is 28.0 Å². The number of aliphatic hydroxyl groups is 1. The fourth-order valence-corrected chi connectivity index (χ4v) is 2.44. The normalized spacial score (nSPS) is 9.10. The van der Waals surface area contributed by atoms with Crippen LogP contribution in [0.2, 0.25) is 0 Å². The SMILES string of the molecule is C=C(C)C=O.C=CC=O.CC.OCCc1ccc2c(c1)cc(F)c1cc(O)ccc12. The molecule has 0 atom stereocenters. The summed E-state index contributed by atoms with van der Waals surface area (Å²) in [6.07, 6.45) is 3.12. The van der Waals surface area contributed by atoms with Crippen molar-refractivity contribution in [2.45, 2.75) is 27.2 Å². The number of fused-ring (bicyclic) bond motifs is 3. The Morgan fingerprint density at radius 3 is 2.10 bits per heavy atom. The minimum atomic E-state index is -0.348. The van der Waals surface area contributed by atoms with Crippen LogP contribution in [0.25, 0.3) is 21.5 Å². The van der Waals surface area contributed by atoms with E-state index in [-0.39, 0.29) is 18.2 Å². The van der Waals surface area contributed by atoms with Crippen LogP contribution >= 0.6 is 0 Å². The van der Waals surface area contributed by atoms with Crippen LogP contribution in [0.15, 0.2) is 67.3 Å². The van der Waals surface area contributed by atoms with E-state index >= 15 is 0 Å². The number of phenols is 1. The molecule has 0 bridgehead atoms. The van der Waals surface area contributed by atoms with E-state index in [1.165, 1.54) is 18.2 Å². The smallest absolute Gasteiger partial charge is 0.145 e. The molecule has 30 heavy (non-hydrogen) atoms. The maximum atomic E-state index is 14.1. The van der Waals surface area contributed by atoms with Crippen LogP contribution in [-0.4, -0.2) is 29.4 Å². The number of rotatable bonds is 4. The average Bonchev–Trinajstić information content (AvgIpc) is 2.76. The molecule has 0 saturated carbocycles. The van der Waals surface area contributed by atoms with Crippen LogP contribution in [0, 0.1) is 5.82 Å². The summed E-state index contributed by atoms with van der Waals surface area (Å²) in [5, 5.41) is 21.3. The second-order valence-corrected chi connectivity index (χ2v) is 5.95. The second-order valence-electron chi connectivity index (χ2n) is 5.95. The molecule has 0 saturated heterocycles. The number of allylic oxidation sites excluding steroid dienone is 2. The Morgan fingerprint density at radius 2 is 1.60 bits per heavy atom. The molecular weight excluding hydrogens is 383 g/mol. The highest BCUT2D eigenvalue weighted by molar-refractivity contribution is 6.08. The number of benzene rings is 3. The molecule has 0 aliphatic heterocycles. The van der Waals surface area contributed by atoms with Gasteiger partial charge in [-0.05, 0) is 71.0 Å². The summed E-state index contributed by atoms with van der Waals surface area (Å²) in [5.74, 6) is -0.290. The first-order valence-electron chi connectivity index (χ1n) is 9.49. The van der Waals surface area contributed by atoms with Gasteiger partial charge in [0.1, 0.15) is 24.1 Å². The molecule has 3 rings (SSSR count). The van der Waals surface area contributed by atoms with E-state index in [2.05, 4.69) is 13.2 Å². The van der Waals surface area contributed by atoms with Crippen molar-refractivity contribution in [2.24, 2.45) is 0 Å². The number of carbonyl (C=O) groups excluding carboxylic acids is 2. The molecule has 4 nitrogen and oxygen atoms in total. The summed E-state index contributed by atoms with van der Waals surface area (Å²) in [6, 6.07) is 11.9. The standard InChI is InChI=1S/C16H13FO2.C4H6O.C3H4O.C2H6/c17-16-8-11-7-10(5-6-18)1-3-13(11)14-4-2-12(19)9-15(14)16;1-4(2)3-5;1-2-3-4;1-2/h1-4,7-9,18-19H,5-6H2;3H,1H2,2H3;2-3H,1H2;1-2H3. The maximum Gasteiger partial charge on any atom is 0.145 e. The summed E-state index contributed by atoms with van der Waals surface area (Å²) in [7, 11) is 0. The zero-order valence-electron chi connectivity index (χ0n) is 17.7. The van der Waals surface area contributed by atoms with Crippen molar-refractivity contribution in [1.29, 1.82) is 0 Å². The molecule has 5 heteroatoms. The average molecular weight is 413 g/mol. The van der Waals surface area contributed by atoms with Gasteiger partial charge < -0.3 is 10.2 Å². The summed E-state index contributed by atoms with van der Waals surface area (Å²) >= 11 is 0. The van der Waals surface area contributed by atoms with Crippen LogP contribution in [0.3, 0.4) is 0 Å². The number of halogens is 1. The minimum absolute atomic E-state index is 0.0580. The Kier molecular flexibility index (Phi) is 13.0. The molecule has 0 aliphatic rings. The zero-order valence-corrected chi connectivity index (χ0v) is 17.7. The number of aldehydes is 2. The highest BCUT2D eigenvalue weighted by atomic mass is 19.1. The van der Waals surface area contributed by atoms with Crippen LogP contribution in [0.5, 0.6) is 5.75 Å². The number of aromatic hydroxyl groups is 1. The number of hydrogen-bond donors (Lipinski definition) is 2. The Labute approximate surface area is 177 Å². The number of carbonyl (C=O) groups is 2. The summed E-state index contributed by atoms with van der Waals surface area (Å²) in [6.45, 7) is 12.2. The van der Waals surface area contributed by atoms with Crippen molar-refractivity contribution in [3.63, 3.8) is 0 Å². The Balaban J connectivity index is 0.000000644. The second kappa shape index (κ2) is 14.7. The molecule has 0 aromatic heterocycles. The largest absolute Gasteiger partial charge is 0.508 e. The molecule has 3 aromatic carbocycles. The molecule has 0 radical (unpaired) electrons. The van der Waals surface area contributed by atoms with E-state index in [0.29, 0.717) is 23.7 Å². The third kappa shape index (κ3) is 8.37. The molecule has 3 aromatic rings. The lowest BCUT2D eigenvalue weighted by Gasteiger charge is -2.08. The van der Waals surface area contributed by atoms with Gasteiger partial charge in [0.05, 0.1) is 0 Å². The first-order chi connectivity index (χ1) is 14.4. The predicted octanol–water partition coefficient (Wildman–Crippen LogP) is 5.53. The molecular formula is C25H29FO4. The van der Waals surface area contributed by atoms with Crippen molar-refractivity contribution < 1.29 is 24.2 Å². The molecule has 0 unspecified atom stereocenters. The molecule has 0 spiro atoms.